The summed E-state index contributed by atoms with van der Waals surface area (Å²) in [5, 5.41) is 13.0. The minimum atomic E-state index is 0.117. The second-order valence-corrected chi connectivity index (χ2v) is 4.41. The minimum Gasteiger partial charge on any atom is -0.397 e. The van der Waals surface area contributed by atoms with Gasteiger partial charge in [0.25, 0.3) is 0 Å². The van der Waals surface area contributed by atoms with Crippen molar-refractivity contribution < 1.29 is 5.11 Å². The quantitative estimate of drug-likeness (QED) is 0.712. The van der Waals surface area contributed by atoms with Crippen LogP contribution < -0.4 is 11.5 Å². The lowest BCUT2D eigenvalue weighted by Crippen LogP contribution is -2.00. The van der Waals surface area contributed by atoms with Gasteiger partial charge in [0.1, 0.15) is 0 Å². The molecule has 0 unspecified atom stereocenters. The van der Waals surface area contributed by atoms with Gasteiger partial charge in [-0.05, 0) is 46.5 Å². The predicted molar refractivity (Wildman–Crippen MR) is 69.4 cm³/mol. The number of anilines is 2. The van der Waals surface area contributed by atoms with Crippen molar-refractivity contribution in [3.63, 3.8) is 0 Å². The van der Waals surface area contributed by atoms with Crippen LogP contribution in [0.4, 0.5) is 11.4 Å². The molecule has 0 aliphatic carbocycles. The van der Waals surface area contributed by atoms with E-state index >= 15 is 0 Å². The molecule has 1 aromatic heterocycles. The molecule has 0 saturated carbocycles. The Morgan fingerprint density at radius 3 is 2.69 bits per heavy atom. The molecule has 2 aromatic rings. The largest absolute Gasteiger partial charge is 0.397 e. The number of nitrogen functional groups attached to an aromatic ring is 2. The second-order valence-electron chi connectivity index (χ2n) is 3.63. The Kier molecular flexibility index (Phi) is 3.12. The molecule has 0 bridgehead atoms. The summed E-state index contributed by atoms with van der Waals surface area (Å²) in [6, 6.07) is 5.82. The van der Waals surface area contributed by atoms with Crippen LogP contribution in [0.15, 0.2) is 29.0 Å². The zero-order chi connectivity index (χ0) is 11.5. The van der Waals surface area contributed by atoms with Crippen LogP contribution in [-0.4, -0.2) is 11.7 Å². The molecule has 0 amide bonds. The van der Waals surface area contributed by atoms with Crippen LogP contribution in [0.3, 0.4) is 0 Å². The first kappa shape index (κ1) is 11.0. The highest BCUT2D eigenvalue weighted by molar-refractivity contribution is 7.08. The fraction of sp³-hybridized carbons (Fsp3) is 0.167. The normalized spacial score (nSPS) is 10.6. The second kappa shape index (κ2) is 4.55. The highest BCUT2D eigenvalue weighted by Crippen LogP contribution is 2.33. The van der Waals surface area contributed by atoms with Crippen molar-refractivity contribution in [2.24, 2.45) is 0 Å². The van der Waals surface area contributed by atoms with Gasteiger partial charge in [-0.25, -0.2) is 0 Å². The monoisotopic (exact) mass is 234 g/mol. The van der Waals surface area contributed by atoms with E-state index in [0.29, 0.717) is 17.8 Å². The number of benzene rings is 1. The maximum Gasteiger partial charge on any atom is 0.0627 e. The molecule has 0 atom stereocenters. The van der Waals surface area contributed by atoms with Crippen LogP contribution in [0.1, 0.15) is 5.56 Å². The molecule has 4 heteroatoms. The molecule has 2 rings (SSSR count). The SMILES string of the molecule is Nc1cc(CCO)cc(-c2ccsc2)c1N. The Hall–Kier alpha value is -1.52. The number of nitrogens with two attached hydrogens (primary N) is 2. The zero-order valence-corrected chi connectivity index (χ0v) is 9.63. The Bertz CT molecular complexity index is 480. The third-order valence-electron chi connectivity index (χ3n) is 2.50. The highest BCUT2D eigenvalue weighted by Gasteiger charge is 2.08. The van der Waals surface area contributed by atoms with E-state index in [4.69, 9.17) is 16.6 Å². The number of aliphatic hydroxyl groups is 1. The summed E-state index contributed by atoms with van der Waals surface area (Å²) in [6.07, 6.45) is 0.599. The lowest BCUT2D eigenvalue weighted by molar-refractivity contribution is 0.299. The Labute approximate surface area is 98.3 Å². The maximum absolute atomic E-state index is 8.93. The predicted octanol–water partition coefficient (Wildman–Crippen LogP) is 2.11. The summed E-state index contributed by atoms with van der Waals surface area (Å²) in [5.74, 6) is 0. The molecule has 5 N–H and O–H groups in total. The van der Waals surface area contributed by atoms with E-state index in [1.807, 2.05) is 29.0 Å². The van der Waals surface area contributed by atoms with Gasteiger partial charge >= 0.3 is 0 Å². The Balaban J connectivity index is 2.51. The average molecular weight is 234 g/mol. The summed E-state index contributed by atoms with van der Waals surface area (Å²) >= 11 is 1.62. The van der Waals surface area contributed by atoms with Gasteiger partial charge in [0.15, 0.2) is 0 Å². The van der Waals surface area contributed by atoms with Crippen molar-refractivity contribution in [2.45, 2.75) is 6.42 Å². The summed E-state index contributed by atoms with van der Waals surface area (Å²) in [4.78, 5) is 0. The molecule has 0 saturated heterocycles. The summed E-state index contributed by atoms with van der Waals surface area (Å²) in [7, 11) is 0. The standard InChI is InChI=1S/C12H14N2OS/c13-11-6-8(1-3-15)5-10(12(11)14)9-2-4-16-7-9/h2,4-7,15H,1,3,13-14H2. The summed E-state index contributed by atoms with van der Waals surface area (Å²) < 4.78 is 0. The molecule has 3 nitrogen and oxygen atoms in total. The van der Waals surface area contributed by atoms with Crippen molar-refractivity contribution in [3.05, 3.63) is 34.5 Å². The van der Waals surface area contributed by atoms with Gasteiger partial charge in [-0.1, -0.05) is 0 Å². The van der Waals surface area contributed by atoms with Crippen molar-refractivity contribution in [3.8, 4) is 11.1 Å². The van der Waals surface area contributed by atoms with Gasteiger partial charge in [0.05, 0.1) is 11.4 Å². The molecular formula is C12H14N2OS. The topological polar surface area (TPSA) is 72.3 Å². The molecule has 0 fully saturated rings. The smallest absolute Gasteiger partial charge is 0.0627 e. The van der Waals surface area contributed by atoms with E-state index in [1.54, 1.807) is 11.3 Å². The zero-order valence-electron chi connectivity index (χ0n) is 8.81. The van der Waals surface area contributed by atoms with Crippen molar-refractivity contribution in [1.29, 1.82) is 0 Å². The fourth-order valence-corrected chi connectivity index (χ4v) is 2.32. The Morgan fingerprint density at radius 2 is 2.06 bits per heavy atom. The fourth-order valence-electron chi connectivity index (χ4n) is 1.67. The third kappa shape index (κ3) is 2.03. The van der Waals surface area contributed by atoms with E-state index in [0.717, 1.165) is 16.7 Å². The van der Waals surface area contributed by atoms with Gasteiger partial charge in [0.2, 0.25) is 0 Å². The van der Waals surface area contributed by atoms with Crippen LogP contribution >= 0.6 is 11.3 Å². The number of aliphatic hydroxyl groups excluding tert-OH is 1. The van der Waals surface area contributed by atoms with Crippen molar-refractivity contribution >= 4 is 22.7 Å². The van der Waals surface area contributed by atoms with Crippen molar-refractivity contribution in [2.75, 3.05) is 18.1 Å². The van der Waals surface area contributed by atoms with Crippen LogP contribution in [0, 0.1) is 0 Å². The average Bonchev–Trinajstić information content (AvgIpc) is 2.76. The molecule has 84 valence electrons. The first-order valence-corrected chi connectivity index (χ1v) is 5.98. The van der Waals surface area contributed by atoms with Crippen molar-refractivity contribution in [1.82, 2.24) is 0 Å². The molecule has 0 spiro atoms. The van der Waals surface area contributed by atoms with Gasteiger partial charge in [0, 0.05) is 12.2 Å². The van der Waals surface area contributed by atoms with Gasteiger partial charge in [-0.15, -0.1) is 0 Å². The van der Waals surface area contributed by atoms with Gasteiger partial charge in [-0.2, -0.15) is 11.3 Å². The van der Waals surface area contributed by atoms with Crippen LogP contribution in [0.2, 0.25) is 0 Å². The number of hydrogen-bond acceptors (Lipinski definition) is 4. The van der Waals surface area contributed by atoms with E-state index in [1.165, 1.54) is 0 Å². The molecule has 0 aliphatic rings. The van der Waals surface area contributed by atoms with Crippen LogP contribution in [0.25, 0.3) is 11.1 Å². The molecule has 0 aliphatic heterocycles. The van der Waals surface area contributed by atoms with E-state index in [2.05, 4.69) is 0 Å². The first-order valence-electron chi connectivity index (χ1n) is 5.03. The third-order valence-corrected chi connectivity index (χ3v) is 3.19. The molecule has 16 heavy (non-hydrogen) atoms. The van der Waals surface area contributed by atoms with E-state index in [-0.39, 0.29) is 6.61 Å². The lowest BCUT2D eigenvalue weighted by atomic mass is 10.0. The molecule has 0 radical (unpaired) electrons. The number of thiophene rings is 1. The van der Waals surface area contributed by atoms with Gasteiger partial charge in [-0.3, -0.25) is 0 Å². The van der Waals surface area contributed by atoms with E-state index < -0.39 is 0 Å². The summed E-state index contributed by atoms with van der Waals surface area (Å²) in [5.41, 5.74) is 16.0. The number of hydrogen-bond donors (Lipinski definition) is 3. The summed E-state index contributed by atoms with van der Waals surface area (Å²) in [6.45, 7) is 0.117. The highest BCUT2D eigenvalue weighted by atomic mass is 32.1. The minimum absolute atomic E-state index is 0.117. The molecule has 1 heterocycles. The van der Waals surface area contributed by atoms with Crippen LogP contribution in [0.5, 0.6) is 0 Å². The maximum atomic E-state index is 8.93. The molecule has 1 aromatic carbocycles. The van der Waals surface area contributed by atoms with Gasteiger partial charge < -0.3 is 16.6 Å². The molecular weight excluding hydrogens is 220 g/mol. The Morgan fingerprint density at radius 1 is 1.25 bits per heavy atom. The number of rotatable bonds is 3. The van der Waals surface area contributed by atoms with Crippen LogP contribution in [-0.2, 0) is 6.42 Å². The van der Waals surface area contributed by atoms with E-state index in [9.17, 15) is 0 Å². The first-order chi connectivity index (χ1) is 7.72. The lowest BCUT2D eigenvalue weighted by Gasteiger charge is -2.10.